The van der Waals surface area contributed by atoms with Crippen molar-refractivity contribution < 1.29 is 19.1 Å². The number of carbonyl (C=O) groups excluding carboxylic acids is 3. The van der Waals surface area contributed by atoms with Crippen LogP contribution in [0.15, 0.2) is 36.4 Å². The number of nitrogens with zero attached hydrogens (tertiary/aromatic N) is 2. The number of likely N-dealkylation sites (tertiary alicyclic amines) is 1. The number of Topliss-reactive ketones (excluding diaryl/α,β-unsaturated/α-hetero) is 1. The van der Waals surface area contributed by atoms with Crippen LogP contribution in [0.3, 0.4) is 0 Å². The smallest absolute Gasteiger partial charge is 0.311 e. The first-order valence-electron chi connectivity index (χ1n) is 10.4. The van der Waals surface area contributed by atoms with Crippen molar-refractivity contribution in [1.29, 1.82) is 0 Å². The van der Waals surface area contributed by atoms with Gasteiger partial charge in [0.25, 0.3) is 0 Å². The number of ketones is 1. The maximum Gasteiger partial charge on any atom is 0.311 e. The van der Waals surface area contributed by atoms with Crippen molar-refractivity contribution in [3.05, 3.63) is 58.9 Å². The molecule has 0 spiro atoms. The maximum atomic E-state index is 12.6. The van der Waals surface area contributed by atoms with E-state index in [1.807, 2.05) is 57.2 Å². The summed E-state index contributed by atoms with van der Waals surface area (Å²) in [5.74, 6) is -1.32. The number of ether oxygens (including phenoxy) is 1. The van der Waals surface area contributed by atoms with Gasteiger partial charge >= 0.3 is 5.97 Å². The third kappa shape index (κ3) is 4.32. The molecule has 1 amide bonds. The third-order valence-corrected chi connectivity index (χ3v) is 5.89. The summed E-state index contributed by atoms with van der Waals surface area (Å²) in [6, 6.07) is 11.7. The van der Waals surface area contributed by atoms with E-state index >= 15 is 0 Å². The van der Waals surface area contributed by atoms with Gasteiger partial charge in [-0.3, -0.25) is 14.4 Å². The summed E-state index contributed by atoms with van der Waals surface area (Å²) in [5.41, 5.74) is 3.48. The minimum atomic E-state index is -0.542. The Morgan fingerprint density at radius 3 is 2.40 bits per heavy atom. The zero-order valence-electron chi connectivity index (χ0n) is 18.3. The zero-order chi connectivity index (χ0) is 22.0. The fourth-order valence-electron chi connectivity index (χ4n) is 4.36. The van der Waals surface area contributed by atoms with Gasteiger partial charge in [-0.25, -0.2) is 0 Å². The fraction of sp³-hybridized carbons (Fsp3) is 0.458. The molecule has 2 heterocycles. The predicted molar refractivity (Wildman–Crippen MR) is 114 cm³/mol. The predicted octanol–water partition coefficient (Wildman–Crippen LogP) is 4.02. The molecule has 0 saturated carbocycles. The van der Waals surface area contributed by atoms with Crippen molar-refractivity contribution in [2.45, 2.75) is 53.1 Å². The second-order valence-electron chi connectivity index (χ2n) is 8.31. The van der Waals surface area contributed by atoms with E-state index in [0.717, 1.165) is 17.0 Å². The van der Waals surface area contributed by atoms with Crippen LogP contribution in [0.2, 0.25) is 0 Å². The summed E-state index contributed by atoms with van der Waals surface area (Å²) in [5, 5.41) is 0. The Hall–Kier alpha value is -2.89. The number of carbonyl (C=O) groups is 3. The molecule has 0 aliphatic carbocycles. The highest BCUT2D eigenvalue weighted by Gasteiger charge is 2.38. The highest BCUT2D eigenvalue weighted by molar-refractivity contribution is 5.99. The molecular weight excluding hydrogens is 380 g/mol. The lowest BCUT2D eigenvalue weighted by Crippen LogP contribution is -2.30. The first kappa shape index (κ1) is 21.8. The van der Waals surface area contributed by atoms with Gasteiger partial charge in [0.15, 0.2) is 6.61 Å². The van der Waals surface area contributed by atoms with Gasteiger partial charge in [-0.1, -0.05) is 30.3 Å². The molecular formula is C24H30N2O4. The first-order valence-corrected chi connectivity index (χ1v) is 10.4. The number of rotatable bonds is 7. The van der Waals surface area contributed by atoms with Gasteiger partial charge in [0, 0.05) is 36.0 Å². The summed E-state index contributed by atoms with van der Waals surface area (Å²) < 4.78 is 7.40. The molecule has 0 radical (unpaired) electrons. The van der Waals surface area contributed by atoms with Gasteiger partial charge in [-0.05, 0) is 46.2 Å². The van der Waals surface area contributed by atoms with Crippen molar-refractivity contribution in [3.63, 3.8) is 0 Å². The summed E-state index contributed by atoms with van der Waals surface area (Å²) >= 11 is 0. The molecule has 30 heavy (non-hydrogen) atoms. The number of aromatic nitrogens is 1. The Balaban J connectivity index is 1.60. The lowest BCUT2D eigenvalue weighted by atomic mass is 10.1. The summed E-state index contributed by atoms with van der Waals surface area (Å²) in [7, 11) is 0. The molecule has 0 N–H and O–H groups in total. The van der Waals surface area contributed by atoms with Gasteiger partial charge in [0.2, 0.25) is 11.7 Å². The van der Waals surface area contributed by atoms with Crippen LogP contribution in [0.5, 0.6) is 0 Å². The van der Waals surface area contributed by atoms with E-state index in [9.17, 15) is 14.4 Å². The average Bonchev–Trinajstić information content (AvgIpc) is 3.25. The molecule has 6 heteroatoms. The molecule has 160 valence electrons. The van der Waals surface area contributed by atoms with E-state index in [0.29, 0.717) is 12.1 Å². The minimum absolute atomic E-state index is 0.0693. The van der Waals surface area contributed by atoms with E-state index < -0.39 is 11.9 Å². The molecule has 6 nitrogen and oxygen atoms in total. The van der Waals surface area contributed by atoms with Crippen LogP contribution in [0, 0.1) is 19.8 Å². The van der Waals surface area contributed by atoms with Crippen LogP contribution in [0.25, 0.3) is 0 Å². The topological polar surface area (TPSA) is 68.6 Å². The molecule has 1 fully saturated rings. The second kappa shape index (κ2) is 8.86. The number of amides is 1. The molecule has 2 aromatic rings. The van der Waals surface area contributed by atoms with Crippen LogP contribution in [-0.4, -0.2) is 40.3 Å². The summed E-state index contributed by atoms with van der Waals surface area (Å²) in [6.07, 6.45) is 0.117. The summed E-state index contributed by atoms with van der Waals surface area (Å²) in [6.45, 7) is 9.95. The van der Waals surface area contributed by atoms with Crippen molar-refractivity contribution in [1.82, 2.24) is 9.47 Å². The number of aryl methyl sites for hydroxylation is 1. The van der Waals surface area contributed by atoms with Crippen LogP contribution in [0.1, 0.15) is 66.6 Å². The Morgan fingerprint density at radius 1 is 1.13 bits per heavy atom. The Bertz CT molecular complexity index is 946. The molecule has 1 saturated heterocycles. The van der Waals surface area contributed by atoms with Crippen LogP contribution >= 0.6 is 0 Å². The van der Waals surface area contributed by atoms with Gasteiger partial charge in [-0.15, -0.1) is 0 Å². The Kier molecular flexibility index (Phi) is 6.44. The van der Waals surface area contributed by atoms with Gasteiger partial charge in [0.05, 0.1) is 12.0 Å². The fourth-order valence-corrected chi connectivity index (χ4v) is 4.36. The molecule has 2 atom stereocenters. The minimum Gasteiger partial charge on any atom is -0.457 e. The van der Waals surface area contributed by atoms with E-state index in [4.69, 9.17) is 4.74 Å². The standard InChI is InChI=1S/C24H30N2O4/c1-15(2)26-16(3)11-21(18(26)5)22(27)14-30-24(29)20-12-23(28)25(13-20)17(4)19-9-7-6-8-10-19/h6-11,15,17,20H,12-14H2,1-5H3/t17-,20-/m0/s1. The number of hydrogen-bond acceptors (Lipinski definition) is 4. The second-order valence-corrected chi connectivity index (χ2v) is 8.31. The van der Waals surface area contributed by atoms with E-state index in [1.54, 1.807) is 4.90 Å². The van der Waals surface area contributed by atoms with Crippen molar-refractivity contribution >= 4 is 17.7 Å². The van der Waals surface area contributed by atoms with Crippen LogP contribution in [-0.2, 0) is 14.3 Å². The monoisotopic (exact) mass is 410 g/mol. The lowest BCUT2D eigenvalue weighted by Gasteiger charge is -2.25. The number of hydrogen-bond donors (Lipinski definition) is 0. The maximum absolute atomic E-state index is 12.6. The van der Waals surface area contributed by atoms with Crippen molar-refractivity contribution in [3.8, 4) is 0 Å². The molecule has 0 unspecified atom stereocenters. The molecule has 1 aromatic carbocycles. The number of esters is 1. The normalized spacial score (nSPS) is 17.5. The van der Waals surface area contributed by atoms with E-state index in [-0.39, 0.29) is 36.8 Å². The quantitative estimate of drug-likeness (QED) is 0.511. The largest absolute Gasteiger partial charge is 0.457 e. The van der Waals surface area contributed by atoms with Crippen molar-refractivity contribution in [2.24, 2.45) is 5.92 Å². The number of benzene rings is 1. The van der Waals surface area contributed by atoms with E-state index in [2.05, 4.69) is 18.4 Å². The molecule has 1 aromatic heterocycles. The van der Waals surface area contributed by atoms with Gasteiger partial charge in [0.1, 0.15) is 0 Å². The molecule has 1 aliphatic heterocycles. The van der Waals surface area contributed by atoms with Crippen LogP contribution < -0.4 is 0 Å². The highest BCUT2D eigenvalue weighted by Crippen LogP contribution is 2.29. The summed E-state index contributed by atoms with van der Waals surface area (Å²) in [4.78, 5) is 39.3. The van der Waals surface area contributed by atoms with Gasteiger partial charge in [-0.2, -0.15) is 0 Å². The highest BCUT2D eigenvalue weighted by atomic mass is 16.5. The third-order valence-electron chi connectivity index (χ3n) is 5.89. The average molecular weight is 411 g/mol. The molecule has 0 bridgehead atoms. The molecule has 1 aliphatic rings. The van der Waals surface area contributed by atoms with Crippen LogP contribution in [0.4, 0.5) is 0 Å². The molecule has 3 rings (SSSR count). The van der Waals surface area contributed by atoms with Gasteiger partial charge < -0.3 is 14.2 Å². The SMILES string of the molecule is Cc1cc(C(=O)COC(=O)[C@H]2CC(=O)N([C@@H](C)c3ccccc3)C2)c(C)n1C(C)C. The first-order chi connectivity index (χ1) is 14.2. The van der Waals surface area contributed by atoms with E-state index in [1.165, 1.54) is 0 Å². The lowest BCUT2D eigenvalue weighted by molar-refractivity contribution is -0.147. The zero-order valence-corrected chi connectivity index (χ0v) is 18.3. The Labute approximate surface area is 177 Å². The Morgan fingerprint density at radius 2 is 1.80 bits per heavy atom. The van der Waals surface area contributed by atoms with Crippen molar-refractivity contribution in [2.75, 3.05) is 13.2 Å².